The lowest BCUT2D eigenvalue weighted by Gasteiger charge is -2.07. The van der Waals surface area contributed by atoms with Crippen LogP contribution in [0.2, 0.25) is 0 Å². The molecule has 2 heterocycles. The van der Waals surface area contributed by atoms with Crippen LogP contribution < -0.4 is 4.74 Å². The van der Waals surface area contributed by atoms with E-state index in [-0.39, 0.29) is 6.42 Å². The number of rotatable bonds is 10. The molecule has 7 heteroatoms. The second kappa shape index (κ2) is 10.1. The summed E-state index contributed by atoms with van der Waals surface area (Å²) in [5, 5.41) is 15.2. The fraction of sp³-hybridized carbons (Fsp3) is 0.238. The van der Waals surface area contributed by atoms with Gasteiger partial charge in [-0.05, 0) is 47.7 Å². The third kappa shape index (κ3) is 5.68. The first-order valence-electron chi connectivity index (χ1n) is 8.92. The second-order valence-corrected chi connectivity index (χ2v) is 7.96. The van der Waals surface area contributed by atoms with Crippen molar-refractivity contribution in [2.75, 3.05) is 13.2 Å². The molecule has 0 radical (unpaired) electrons. The van der Waals surface area contributed by atoms with Crippen molar-refractivity contribution in [2.45, 2.75) is 19.8 Å². The smallest absolute Gasteiger partial charge is 0.307 e. The van der Waals surface area contributed by atoms with Crippen LogP contribution in [-0.4, -0.2) is 30.0 Å². The van der Waals surface area contributed by atoms with Crippen molar-refractivity contribution in [3.8, 4) is 15.5 Å². The van der Waals surface area contributed by atoms with Gasteiger partial charge in [-0.25, -0.2) is 0 Å². The fourth-order valence-electron chi connectivity index (χ4n) is 2.57. The molecule has 0 unspecified atom stereocenters. The van der Waals surface area contributed by atoms with Gasteiger partial charge < -0.3 is 14.7 Å². The summed E-state index contributed by atoms with van der Waals surface area (Å²) in [6.07, 6.45) is 0.759. The SMILES string of the molecule is CC/C(=N\OCCOc1cccc(CC(=O)O)c1)c1ccc(-c2cccs2)s1. The molecule has 28 heavy (non-hydrogen) atoms. The first-order valence-corrected chi connectivity index (χ1v) is 10.6. The maximum Gasteiger partial charge on any atom is 0.307 e. The lowest BCUT2D eigenvalue weighted by Crippen LogP contribution is -2.06. The Bertz CT molecular complexity index is 932. The molecule has 0 bridgehead atoms. The lowest BCUT2D eigenvalue weighted by atomic mass is 10.1. The summed E-state index contributed by atoms with van der Waals surface area (Å²) in [7, 11) is 0. The highest BCUT2D eigenvalue weighted by molar-refractivity contribution is 7.22. The molecule has 3 aromatic rings. The molecular formula is C21H21NO4S2. The summed E-state index contributed by atoms with van der Waals surface area (Å²) in [6.45, 7) is 2.70. The van der Waals surface area contributed by atoms with E-state index in [0.717, 1.165) is 17.0 Å². The van der Waals surface area contributed by atoms with E-state index in [1.165, 1.54) is 9.75 Å². The monoisotopic (exact) mass is 415 g/mol. The zero-order chi connectivity index (χ0) is 19.8. The standard InChI is InChI=1S/C21H21NO4S2/c1-2-17(18-8-9-20(28-18)19-7-4-12-27-19)22-26-11-10-25-16-6-3-5-15(13-16)14-21(23)24/h3-9,12-13H,2,10-11,14H2,1H3,(H,23,24)/b22-17+. The Morgan fingerprint density at radius 1 is 1.11 bits per heavy atom. The average Bonchev–Trinajstić information content (AvgIpc) is 3.36. The number of nitrogens with zero attached hydrogens (tertiary/aromatic N) is 1. The van der Waals surface area contributed by atoms with Crippen LogP contribution in [0.3, 0.4) is 0 Å². The minimum absolute atomic E-state index is 0.0217. The van der Waals surface area contributed by atoms with Crippen LogP contribution in [0.25, 0.3) is 9.75 Å². The van der Waals surface area contributed by atoms with Gasteiger partial charge >= 0.3 is 5.97 Å². The fourth-order valence-corrected chi connectivity index (χ4v) is 4.46. The third-order valence-electron chi connectivity index (χ3n) is 3.86. The summed E-state index contributed by atoms with van der Waals surface area (Å²) in [5.41, 5.74) is 1.62. The van der Waals surface area contributed by atoms with Gasteiger partial charge in [0.1, 0.15) is 12.4 Å². The molecule has 2 aromatic heterocycles. The van der Waals surface area contributed by atoms with E-state index in [2.05, 4.69) is 41.7 Å². The lowest BCUT2D eigenvalue weighted by molar-refractivity contribution is -0.136. The molecule has 0 aliphatic rings. The molecule has 0 atom stereocenters. The topological polar surface area (TPSA) is 68.1 Å². The Morgan fingerprint density at radius 3 is 2.75 bits per heavy atom. The van der Waals surface area contributed by atoms with Gasteiger partial charge in [0.25, 0.3) is 0 Å². The van der Waals surface area contributed by atoms with Crippen LogP contribution in [0.15, 0.2) is 59.1 Å². The number of benzene rings is 1. The number of hydrogen-bond donors (Lipinski definition) is 1. The molecule has 0 saturated carbocycles. The van der Waals surface area contributed by atoms with Gasteiger partial charge in [0.05, 0.1) is 17.0 Å². The van der Waals surface area contributed by atoms with Crippen molar-refractivity contribution < 1.29 is 19.5 Å². The molecule has 0 spiro atoms. The molecule has 3 rings (SSSR count). The zero-order valence-corrected chi connectivity index (χ0v) is 17.1. The number of thiophene rings is 2. The van der Waals surface area contributed by atoms with Crippen molar-refractivity contribution in [3.05, 3.63) is 64.4 Å². The molecule has 1 aromatic carbocycles. The number of carboxylic acid groups (broad SMARTS) is 1. The Morgan fingerprint density at radius 2 is 2.00 bits per heavy atom. The molecular weight excluding hydrogens is 394 g/mol. The number of ether oxygens (including phenoxy) is 1. The van der Waals surface area contributed by atoms with E-state index >= 15 is 0 Å². The van der Waals surface area contributed by atoms with Crippen molar-refractivity contribution >= 4 is 34.4 Å². The van der Waals surface area contributed by atoms with Crippen molar-refractivity contribution in [3.63, 3.8) is 0 Å². The van der Waals surface area contributed by atoms with Crippen LogP contribution in [0.5, 0.6) is 5.75 Å². The Kier molecular flexibility index (Phi) is 7.22. The van der Waals surface area contributed by atoms with E-state index in [9.17, 15) is 4.79 Å². The Hall–Kier alpha value is -2.64. The van der Waals surface area contributed by atoms with Crippen LogP contribution >= 0.6 is 22.7 Å². The Labute approximate surface area is 171 Å². The third-order valence-corrected chi connectivity index (χ3v) is 6.06. The maximum atomic E-state index is 10.8. The molecule has 0 amide bonds. The number of carbonyl (C=O) groups is 1. The first kappa shape index (κ1) is 20.1. The predicted molar refractivity (Wildman–Crippen MR) is 114 cm³/mol. The first-order chi connectivity index (χ1) is 13.7. The molecule has 0 aliphatic heterocycles. The van der Waals surface area contributed by atoms with Gasteiger partial charge in [-0.2, -0.15) is 0 Å². The van der Waals surface area contributed by atoms with Crippen molar-refractivity contribution in [2.24, 2.45) is 5.16 Å². The van der Waals surface area contributed by atoms with Crippen LogP contribution in [0.1, 0.15) is 23.8 Å². The maximum absolute atomic E-state index is 10.8. The molecule has 146 valence electrons. The molecule has 0 saturated heterocycles. The van der Waals surface area contributed by atoms with Crippen LogP contribution in [0, 0.1) is 0 Å². The van der Waals surface area contributed by atoms with Crippen LogP contribution in [-0.2, 0) is 16.1 Å². The highest BCUT2D eigenvalue weighted by atomic mass is 32.1. The minimum atomic E-state index is -0.863. The number of aliphatic carboxylic acids is 1. The largest absolute Gasteiger partial charge is 0.490 e. The van der Waals surface area contributed by atoms with Gasteiger partial charge in [0.15, 0.2) is 6.61 Å². The summed E-state index contributed by atoms with van der Waals surface area (Å²) < 4.78 is 5.62. The summed E-state index contributed by atoms with van der Waals surface area (Å²) in [6, 6.07) is 15.4. The van der Waals surface area contributed by atoms with Gasteiger partial charge in [-0.1, -0.05) is 30.3 Å². The zero-order valence-electron chi connectivity index (χ0n) is 15.5. The number of hydrogen-bond acceptors (Lipinski definition) is 6. The minimum Gasteiger partial charge on any atom is -0.490 e. The predicted octanol–water partition coefficient (Wildman–Crippen LogP) is 5.31. The van der Waals surface area contributed by atoms with Gasteiger partial charge in [-0.3, -0.25) is 4.79 Å². The quantitative estimate of drug-likeness (QED) is 0.277. The number of carboxylic acids is 1. The summed E-state index contributed by atoms with van der Waals surface area (Å²) >= 11 is 3.44. The second-order valence-electron chi connectivity index (χ2n) is 5.93. The molecule has 1 N–H and O–H groups in total. The van der Waals surface area contributed by atoms with Gasteiger partial charge in [0, 0.05) is 9.75 Å². The van der Waals surface area contributed by atoms with Crippen molar-refractivity contribution in [1.82, 2.24) is 0 Å². The highest BCUT2D eigenvalue weighted by Gasteiger charge is 2.09. The highest BCUT2D eigenvalue weighted by Crippen LogP contribution is 2.32. The van der Waals surface area contributed by atoms with E-state index < -0.39 is 5.97 Å². The van der Waals surface area contributed by atoms with Crippen LogP contribution in [0.4, 0.5) is 0 Å². The van der Waals surface area contributed by atoms with E-state index in [1.54, 1.807) is 46.9 Å². The molecule has 0 fully saturated rings. The Balaban J connectivity index is 1.50. The van der Waals surface area contributed by atoms with E-state index in [4.69, 9.17) is 14.7 Å². The summed E-state index contributed by atoms with van der Waals surface area (Å²) in [5.74, 6) is -0.237. The van der Waals surface area contributed by atoms with E-state index in [1.807, 2.05) is 0 Å². The number of oxime groups is 1. The normalized spacial score (nSPS) is 11.4. The van der Waals surface area contributed by atoms with Gasteiger partial charge in [0.2, 0.25) is 0 Å². The molecule has 0 aliphatic carbocycles. The summed E-state index contributed by atoms with van der Waals surface area (Å²) in [4.78, 5) is 19.8. The molecule has 5 nitrogen and oxygen atoms in total. The van der Waals surface area contributed by atoms with Crippen molar-refractivity contribution in [1.29, 1.82) is 0 Å². The van der Waals surface area contributed by atoms with Gasteiger partial charge in [-0.15, -0.1) is 22.7 Å². The van der Waals surface area contributed by atoms with E-state index in [0.29, 0.717) is 24.5 Å². The average molecular weight is 416 g/mol.